The lowest BCUT2D eigenvalue weighted by atomic mass is 10.1. The molecule has 0 bridgehead atoms. The molecule has 0 radical (unpaired) electrons. The van der Waals surface area contributed by atoms with E-state index in [2.05, 4.69) is 10.6 Å². The SMILES string of the molecule is CNC(=O)c1ccc(C)c(NC(=O)c2ccc(N)c([N+](=O)[O-])c2)c1. The van der Waals surface area contributed by atoms with Crippen LogP contribution in [-0.4, -0.2) is 23.8 Å². The molecular formula is C16H16N4O4. The van der Waals surface area contributed by atoms with E-state index in [4.69, 9.17) is 5.73 Å². The van der Waals surface area contributed by atoms with Crippen LogP contribution in [0.1, 0.15) is 26.3 Å². The lowest BCUT2D eigenvalue weighted by Gasteiger charge is -2.10. The van der Waals surface area contributed by atoms with E-state index in [9.17, 15) is 19.7 Å². The Labute approximate surface area is 137 Å². The number of carbonyl (C=O) groups excluding carboxylic acids is 2. The molecule has 0 fully saturated rings. The maximum absolute atomic E-state index is 12.3. The van der Waals surface area contributed by atoms with Crippen LogP contribution in [0.15, 0.2) is 36.4 Å². The number of anilines is 2. The molecular weight excluding hydrogens is 312 g/mol. The van der Waals surface area contributed by atoms with E-state index in [1.165, 1.54) is 25.2 Å². The van der Waals surface area contributed by atoms with Gasteiger partial charge in [-0.25, -0.2) is 0 Å². The van der Waals surface area contributed by atoms with Crippen molar-refractivity contribution in [2.75, 3.05) is 18.1 Å². The van der Waals surface area contributed by atoms with Crippen molar-refractivity contribution in [1.82, 2.24) is 5.32 Å². The summed E-state index contributed by atoms with van der Waals surface area (Å²) in [5.74, 6) is -0.816. The molecule has 0 aliphatic rings. The molecule has 124 valence electrons. The summed E-state index contributed by atoms with van der Waals surface area (Å²) in [6.45, 7) is 1.77. The second kappa shape index (κ2) is 6.78. The van der Waals surface area contributed by atoms with Crippen LogP contribution in [0.5, 0.6) is 0 Å². The van der Waals surface area contributed by atoms with Crippen LogP contribution >= 0.6 is 0 Å². The summed E-state index contributed by atoms with van der Waals surface area (Å²) in [6, 6.07) is 8.69. The molecule has 2 rings (SSSR count). The number of hydrogen-bond donors (Lipinski definition) is 3. The zero-order valence-corrected chi connectivity index (χ0v) is 13.1. The second-order valence-electron chi connectivity index (χ2n) is 5.09. The van der Waals surface area contributed by atoms with Gasteiger partial charge in [-0.3, -0.25) is 19.7 Å². The number of nitro groups is 1. The first-order valence-electron chi connectivity index (χ1n) is 7.01. The molecule has 0 spiro atoms. The number of hydrogen-bond acceptors (Lipinski definition) is 5. The van der Waals surface area contributed by atoms with Gasteiger partial charge in [0.15, 0.2) is 0 Å². The third kappa shape index (κ3) is 3.49. The molecule has 8 nitrogen and oxygen atoms in total. The van der Waals surface area contributed by atoms with Gasteiger partial charge in [0.05, 0.1) is 4.92 Å². The maximum Gasteiger partial charge on any atom is 0.292 e. The highest BCUT2D eigenvalue weighted by atomic mass is 16.6. The first-order valence-corrected chi connectivity index (χ1v) is 7.01. The Kier molecular flexibility index (Phi) is 4.78. The van der Waals surface area contributed by atoms with Crippen molar-refractivity contribution in [3.05, 3.63) is 63.2 Å². The summed E-state index contributed by atoms with van der Waals surface area (Å²) >= 11 is 0. The molecule has 0 aromatic heterocycles. The highest BCUT2D eigenvalue weighted by molar-refractivity contribution is 6.06. The van der Waals surface area contributed by atoms with Crippen molar-refractivity contribution in [2.24, 2.45) is 0 Å². The number of carbonyl (C=O) groups is 2. The fourth-order valence-electron chi connectivity index (χ4n) is 2.08. The standard InChI is InChI=1S/C16H16N4O4/c1-9-3-4-10(15(21)18-2)7-13(9)19-16(22)11-5-6-12(17)14(8-11)20(23)24/h3-8H,17H2,1-2H3,(H,18,21)(H,19,22). The van der Waals surface area contributed by atoms with E-state index < -0.39 is 10.8 Å². The summed E-state index contributed by atoms with van der Waals surface area (Å²) in [6.07, 6.45) is 0. The monoisotopic (exact) mass is 328 g/mol. The summed E-state index contributed by atoms with van der Waals surface area (Å²) in [5, 5.41) is 16.1. The number of aryl methyl sites for hydroxylation is 1. The number of nitrogens with two attached hydrogens (primary N) is 1. The molecule has 4 N–H and O–H groups in total. The smallest absolute Gasteiger partial charge is 0.292 e. The zero-order chi connectivity index (χ0) is 17.9. The maximum atomic E-state index is 12.3. The quantitative estimate of drug-likeness (QED) is 0.450. The van der Waals surface area contributed by atoms with Gasteiger partial charge >= 0.3 is 0 Å². The lowest BCUT2D eigenvalue weighted by molar-refractivity contribution is -0.383. The molecule has 8 heteroatoms. The lowest BCUT2D eigenvalue weighted by Crippen LogP contribution is -2.19. The average molecular weight is 328 g/mol. The van der Waals surface area contributed by atoms with E-state index in [1.54, 1.807) is 19.1 Å². The van der Waals surface area contributed by atoms with Crippen LogP contribution in [0.3, 0.4) is 0 Å². The number of amides is 2. The number of nitrogens with zero attached hydrogens (tertiary/aromatic N) is 1. The van der Waals surface area contributed by atoms with Gasteiger partial charge < -0.3 is 16.4 Å². The Balaban J connectivity index is 2.31. The van der Waals surface area contributed by atoms with E-state index in [-0.39, 0.29) is 22.8 Å². The number of nitrogen functional groups attached to an aromatic ring is 1. The van der Waals surface area contributed by atoms with Crippen molar-refractivity contribution in [1.29, 1.82) is 0 Å². The molecule has 2 aromatic carbocycles. The normalized spacial score (nSPS) is 10.1. The predicted molar refractivity (Wildman–Crippen MR) is 90.0 cm³/mol. The topological polar surface area (TPSA) is 127 Å². The van der Waals surface area contributed by atoms with Crippen LogP contribution in [0.4, 0.5) is 17.1 Å². The fraction of sp³-hybridized carbons (Fsp3) is 0.125. The third-order valence-corrected chi connectivity index (χ3v) is 3.46. The van der Waals surface area contributed by atoms with Crippen molar-refractivity contribution in [2.45, 2.75) is 6.92 Å². The van der Waals surface area contributed by atoms with E-state index >= 15 is 0 Å². The Hall–Kier alpha value is -3.42. The van der Waals surface area contributed by atoms with Crippen LogP contribution < -0.4 is 16.4 Å². The third-order valence-electron chi connectivity index (χ3n) is 3.46. The van der Waals surface area contributed by atoms with Crippen molar-refractivity contribution < 1.29 is 14.5 Å². The van der Waals surface area contributed by atoms with Gasteiger partial charge in [0.25, 0.3) is 17.5 Å². The molecule has 0 unspecified atom stereocenters. The zero-order valence-electron chi connectivity index (χ0n) is 13.1. The van der Waals surface area contributed by atoms with E-state index in [1.807, 2.05) is 0 Å². The Morgan fingerprint density at radius 3 is 2.33 bits per heavy atom. The first kappa shape index (κ1) is 16.9. The van der Waals surface area contributed by atoms with Gasteiger partial charge in [-0.05, 0) is 36.8 Å². The molecule has 0 saturated carbocycles. The Bertz CT molecular complexity index is 833. The van der Waals surface area contributed by atoms with Crippen LogP contribution in [0.25, 0.3) is 0 Å². The summed E-state index contributed by atoms with van der Waals surface area (Å²) in [7, 11) is 1.51. The van der Waals surface area contributed by atoms with Gasteiger partial charge in [-0.2, -0.15) is 0 Å². The van der Waals surface area contributed by atoms with Crippen LogP contribution in [-0.2, 0) is 0 Å². The molecule has 0 aliphatic heterocycles. The summed E-state index contributed by atoms with van der Waals surface area (Å²) in [4.78, 5) is 34.3. The molecule has 24 heavy (non-hydrogen) atoms. The number of benzene rings is 2. The van der Waals surface area contributed by atoms with Gasteiger partial charge in [-0.15, -0.1) is 0 Å². The van der Waals surface area contributed by atoms with Gasteiger partial charge in [-0.1, -0.05) is 6.07 Å². The second-order valence-corrected chi connectivity index (χ2v) is 5.09. The highest BCUT2D eigenvalue weighted by Gasteiger charge is 2.16. The minimum absolute atomic E-state index is 0.0191. The largest absolute Gasteiger partial charge is 0.393 e. The Morgan fingerprint density at radius 2 is 1.71 bits per heavy atom. The van der Waals surface area contributed by atoms with Crippen LogP contribution in [0, 0.1) is 17.0 Å². The highest BCUT2D eigenvalue weighted by Crippen LogP contribution is 2.24. The molecule has 0 atom stereocenters. The predicted octanol–water partition coefficient (Wildman–Crippen LogP) is 2.10. The molecule has 2 aromatic rings. The van der Waals surface area contributed by atoms with Gasteiger partial charge in [0.2, 0.25) is 0 Å². The molecule has 2 amide bonds. The Morgan fingerprint density at radius 1 is 1.08 bits per heavy atom. The van der Waals surface area contributed by atoms with Crippen molar-refractivity contribution >= 4 is 28.9 Å². The number of rotatable bonds is 4. The van der Waals surface area contributed by atoms with Gasteiger partial charge in [0.1, 0.15) is 5.69 Å². The fourth-order valence-corrected chi connectivity index (χ4v) is 2.08. The number of nitro benzene ring substituents is 1. The number of nitrogens with one attached hydrogen (secondary N) is 2. The molecule has 0 saturated heterocycles. The van der Waals surface area contributed by atoms with E-state index in [0.29, 0.717) is 11.3 Å². The minimum atomic E-state index is -0.649. The minimum Gasteiger partial charge on any atom is -0.393 e. The molecule has 0 heterocycles. The van der Waals surface area contributed by atoms with Gasteiger partial charge in [0, 0.05) is 29.9 Å². The average Bonchev–Trinajstić information content (AvgIpc) is 2.56. The van der Waals surface area contributed by atoms with Crippen LogP contribution in [0.2, 0.25) is 0 Å². The summed E-state index contributed by atoms with van der Waals surface area (Å²) in [5.41, 5.74) is 6.85. The summed E-state index contributed by atoms with van der Waals surface area (Å²) < 4.78 is 0. The van der Waals surface area contributed by atoms with Crippen molar-refractivity contribution in [3.63, 3.8) is 0 Å². The molecule has 0 aliphatic carbocycles. The van der Waals surface area contributed by atoms with E-state index in [0.717, 1.165) is 11.6 Å². The first-order chi connectivity index (χ1) is 11.3. The van der Waals surface area contributed by atoms with Crippen molar-refractivity contribution in [3.8, 4) is 0 Å².